The van der Waals surface area contributed by atoms with Crippen molar-refractivity contribution in [1.29, 1.82) is 0 Å². The second kappa shape index (κ2) is 7.31. The van der Waals surface area contributed by atoms with Gasteiger partial charge in [-0.15, -0.1) is 0 Å². The van der Waals surface area contributed by atoms with Crippen LogP contribution in [0.2, 0.25) is 0 Å². The Morgan fingerprint density at radius 3 is 2.27 bits per heavy atom. The van der Waals surface area contributed by atoms with Crippen LogP contribution in [0.25, 0.3) is 11.1 Å². The van der Waals surface area contributed by atoms with E-state index in [-0.39, 0.29) is 12.0 Å². The van der Waals surface area contributed by atoms with Gasteiger partial charge in [-0.2, -0.15) is 0 Å². The number of hydrogen-bond acceptors (Lipinski definition) is 3. The van der Waals surface area contributed by atoms with E-state index in [0.717, 1.165) is 16.9 Å². The third kappa shape index (κ3) is 3.54. The van der Waals surface area contributed by atoms with Crippen LogP contribution in [0.1, 0.15) is 10.4 Å². The van der Waals surface area contributed by atoms with Crippen LogP contribution in [0.3, 0.4) is 0 Å². The van der Waals surface area contributed by atoms with Crippen molar-refractivity contribution in [3.05, 3.63) is 84.4 Å². The molecule has 0 spiro atoms. The molecule has 4 rings (SSSR count). The average Bonchev–Trinajstić information content (AvgIpc) is 2.72. The van der Waals surface area contributed by atoms with E-state index in [4.69, 9.17) is 9.47 Å². The fourth-order valence-electron chi connectivity index (χ4n) is 2.92. The summed E-state index contributed by atoms with van der Waals surface area (Å²) in [5, 5.41) is 2.91. The van der Waals surface area contributed by atoms with E-state index < -0.39 is 0 Å². The minimum Gasteiger partial charge on any atom is -0.486 e. The topological polar surface area (TPSA) is 47.6 Å². The molecular formula is C22H19NO3. The van der Waals surface area contributed by atoms with E-state index in [1.165, 1.54) is 0 Å². The fraction of sp³-hybridized carbons (Fsp3) is 0.136. The minimum absolute atomic E-state index is 0.118. The lowest BCUT2D eigenvalue weighted by Gasteiger charge is -2.26. The summed E-state index contributed by atoms with van der Waals surface area (Å²) in [6.45, 7) is 0.817. The van der Waals surface area contributed by atoms with Gasteiger partial charge in [0, 0.05) is 5.56 Å². The molecule has 0 aromatic heterocycles. The Hall–Kier alpha value is -3.27. The molecule has 4 nitrogen and oxygen atoms in total. The first-order valence-corrected chi connectivity index (χ1v) is 8.62. The van der Waals surface area contributed by atoms with Crippen LogP contribution in [0.4, 0.5) is 0 Å². The van der Waals surface area contributed by atoms with E-state index >= 15 is 0 Å². The second-order valence-corrected chi connectivity index (χ2v) is 6.15. The lowest BCUT2D eigenvalue weighted by molar-refractivity contribution is 0.0789. The molecule has 1 amide bonds. The molecule has 1 aliphatic rings. The highest BCUT2D eigenvalue weighted by atomic mass is 16.6. The minimum atomic E-state index is -0.197. The third-order valence-electron chi connectivity index (χ3n) is 4.31. The Morgan fingerprint density at radius 2 is 1.50 bits per heavy atom. The molecule has 0 aliphatic carbocycles. The van der Waals surface area contributed by atoms with Crippen molar-refractivity contribution in [1.82, 2.24) is 5.32 Å². The number of nitrogens with one attached hydrogen (secondary N) is 1. The molecule has 1 heterocycles. The quantitative estimate of drug-likeness (QED) is 0.779. The summed E-state index contributed by atoms with van der Waals surface area (Å²) in [6, 6.07) is 25.2. The van der Waals surface area contributed by atoms with Crippen LogP contribution >= 0.6 is 0 Å². The zero-order valence-electron chi connectivity index (χ0n) is 14.2. The Kier molecular flexibility index (Phi) is 4.56. The third-order valence-corrected chi connectivity index (χ3v) is 4.31. The first-order chi connectivity index (χ1) is 12.8. The lowest BCUT2D eigenvalue weighted by Crippen LogP contribution is -2.40. The van der Waals surface area contributed by atoms with E-state index in [1.807, 2.05) is 78.9 Å². The molecule has 26 heavy (non-hydrogen) atoms. The summed E-state index contributed by atoms with van der Waals surface area (Å²) in [4.78, 5) is 12.4. The van der Waals surface area contributed by atoms with Crippen molar-refractivity contribution in [2.24, 2.45) is 0 Å². The summed E-state index contributed by atoms with van der Waals surface area (Å²) in [5.41, 5.74) is 2.84. The molecule has 130 valence electrons. The number of ether oxygens (including phenoxy) is 2. The molecule has 0 radical (unpaired) electrons. The maximum absolute atomic E-state index is 12.4. The van der Waals surface area contributed by atoms with Crippen LogP contribution in [-0.4, -0.2) is 25.2 Å². The van der Waals surface area contributed by atoms with Crippen LogP contribution in [-0.2, 0) is 0 Å². The lowest BCUT2D eigenvalue weighted by atomic mass is 10.0. The molecular weight excluding hydrogens is 326 g/mol. The largest absolute Gasteiger partial charge is 0.486 e. The van der Waals surface area contributed by atoms with Gasteiger partial charge in [0.2, 0.25) is 0 Å². The second-order valence-electron chi connectivity index (χ2n) is 6.15. The van der Waals surface area contributed by atoms with Gasteiger partial charge in [0.25, 0.3) is 5.91 Å². The number of rotatable bonds is 4. The predicted octanol–water partition coefficient (Wildman–Crippen LogP) is 3.92. The van der Waals surface area contributed by atoms with Crippen molar-refractivity contribution in [2.45, 2.75) is 6.10 Å². The maximum atomic E-state index is 12.4. The highest BCUT2D eigenvalue weighted by Gasteiger charge is 2.21. The Bertz CT molecular complexity index is 891. The monoisotopic (exact) mass is 345 g/mol. The van der Waals surface area contributed by atoms with Gasteiger partial charge in [-0.05, 0) is 35.4 Å². The Balaban J connectivity index is 1.35. The average molecular weight is 345 g/mol. The van der Waals surface area contributed by atoms with Crippen LogP contribution in [0.5, 0.6) is 11.5 Å². The summed E-state index contributed by atoms with van der Waals surface area (Å²) < 4.78 is 11.5. The highest BCUT2D eigenvalue weighted by molar-refractivity contribution is 5.94. The van der Waals surface area contributed by atoms with Gasteiger partial charge in [-0.25, -0.2) is 0 Å². The molecule has 1 atom stereocenters. The molecule has 0 fully saturated rings. The number of hydrogen-bond donors (Lipinski definition) is 1. The van der Waals surface area contributed by atoms with E-state index in [9.17, 15) is 4.79 Å². The van der Waals surface area contributed by atoms with Crippen molar-refractivity contribution >= 4 is 5.91 Å². The summed E-state index contributed by atoms with van der Waals surface area (Å²) in [7, 11) is 0. The summed E-state index contributed by atoms with van der Waals surface area (Å²) in [5.74, 6) is 1.34. The molecule has 4 heteroatoms. The van der Waals surface area contributed by atoms with Gasteiger partial charge in [0.1, 0.15) is 12.7 Å². The molecule has 0 saturated heterocycles. The number of carbonyl (C=O) groups is 1. The normalized spacial score (nSPS) is 15.3. The zero-order valence-corrected chi connectivity index (χ0v) is 14.2. The maximum Gasteiger partial charge on any atom is 0.251 e. The molecule has 1 N–H and O–H groups in total. The van der Waals surface area contributed by atoms with Crippen LogP contribution in [0.15, 0.2) is 78.9 Å². The Labute approximate surface area is 152 Å². The predicted molar refractivity (Wildman–Crippen MR) is 101 cm³/mol. The number of benzene rings is 3. The summed E-state index contributed by atoms with van der Waals surface area (Å²) in [6.07, 6.45) is -0.197. The molecule has 0 unspecified atom stereocenters. The first kappa shape index (κ1) is 16.2. The van der Waals surface area contributed by atoms with Gasteiger partial charge in [-0.3, -0.25) is 4.79 Å². The van der Waals surface area contributed by atoms with Gasteiger partial charge in [-0.1, -0.05) is 54.6 Å². The van der Waals surface area contributed by atoms with Crippen molar-refractivity contribution in [3.63, 3.8) is 0 Å². The van der Waals surface area contributed by atoms with E-state index in [2.05, 4.69) is 5.32 Å². The van der Waals surface area contributed by atoms with Gasteiger partial charge in [0.15, 0.2) is 11.5 Å². The van der Waals surface area contributed by atoms with Crippen molar-refractivity contribution in [3.8, 4) is 22.6 Å². The van der Waals surface area contributed by atoms with Gasteiger partial charge in [0.05, 0.1) is 6.54 Å². The highest BCUT2D eigenvalue weighted by Crippen LogP contribution is 2.30. The van der Waals surface area contributed by atoms with Gasteiger partial charge >= 0.3 is 0 Å². The Morgan fingerprint density at radius 1 is 0.846 bits per heavy atom. The number of amides is 1. The zero-order chi connectivity index (χ0) is 17.8. The standard InChI is InChI=1S/C22H19NO3/c24-22(18-12-10-17(11-13-18)16-6-2-1-3-7-16)23-14-19-15-25-20-8-4-5-9-21(20)26-19/h1-13,19H,14-15H2,(H,23,24)/t19-/m0/s1. The number of carbonyl (C=O) groups excluding carboxylic acids is 1. The molecule has 3 aromatic rings. The van der Waals surface area contributed by atoms with Crippen LogP contribution in [0, 0.1) is 0 Å². The van der Waals surface area contributed by atoms with Crippen molar-refractivity contribution < 1.29 is 14.3 Å². The smallest absolute Gasteiger partial charge is 0.251 e. The molecule has 0 bridgehead atoms. The number of fused-ring (bicyclic) bond motifs is 1. The first-order valence-electron chi connectivity index (χ1n) is 8.62. The van der Waals surface area contributed by atoms with Crippen LogP contribution < -0.4 is 14.8 Å². The number of para-hydroxylation sites is 2. The molecule has 0 saturated carbocycles. The van der Waals surface area contributed by atoms with Crippen molar-refractivity contribution in [2.75, 3.05) is 13.2 Å². The van der Waals surface area contributed by atoms with E-state index in [1.54, 1.807) is 0 Å². The molecule has 3 aromatic carbocycles. The summed E-state index contributed by atoms with van der Waals surface area (Å²) >= 11 is 0. The van der Waals surface area contributed by atoms with E-state index in [0.29, 0.717) is 24.5 Å². The fourth-order valence-corrected chi connectivity index (χ4v) is 2.92. The van der Waals surface area contributed by atoms with Gasteiger partial charge < -0.3 is 14.8 Å². The molecule has 1 aliphatic heterocycles. The SMILES string of the molecule is O=C(NC[C@H]1COc2ccccc2O1)c1ccc(-c2ccccc2)cc1.